The van der Waals surface area contributed by atoms with Gasteiger partial charge < -0.3 is 9.30 Å². The van der Waals surface area contributed by atoms with Crippen LogP contribution in [0.15, 0.2) is 47.6 Å². The van der Waals surface area contributed by atoms with Crippen LogP contribution >= 0.6 is 23.4 Å². The molecule has 3 aromatic rings. The predicted molar refractivity (Wildman–Crippen MR) is 92.7 cm³/mol. The standard InChI is InChI=1S/C17H14ClF2N3OS/c1-23-16(9-24-12-6-7-15(20)13(18)8-12)21-22-17(23)25-10-11-4-2-3-5-14(11)19/h2-8H,9-10H2,1H3. The first-order valence-electron chi connectivity index (χ1n) is 7.37. The molecule has 4 nitrogen and oxygen atoms in total. The Balaban J connectivity index is 1.62. The number of thioether (sulfide) groups is 1. The fourth-order valence-electron chi connectivity index (χ4n) is 2.07. The maximum absolute atomic E-state index is 13.7. The van der Waals surface area contributed by atoms with Crippen molar-refractivity contribution in [1.82, 2.24) is 14.8 Å². The summed E-state index contributed by atoms with van der Waals surface area (Å²) < 4.78 is 34.1. The first kappa shape index (κ1) is 17.7. The zero-order valence-electron chi connectivity index (χ0n) is 13.2. The molecule has 0 aliphatic heterocycles. The van der Waals surface area contributed by atoms with E-state index in [1.807, 2.05) is 0 Å². The van der Waals surface area contributed by atoms with E-state index in [0.29, 0.717) is 28.0 Å². The molecule has 0 fully saturated rings. The van der Waals surface area contributed by atoms with Gasteiger partial charge in [0.1, 0.15) is 24.0 Å². The Morgan fingerprint density at radius 1 is 1.12 bits per heavy atom. The van der Waals surface area contributed by atoms with Gasteiger partial charge >= 0.3 is 0 Å². The first-order chi connectivity index (χ1) is 12.0. The Hall–Kier alpha value is -2.12. The minimum Gasteiger partial charge on any atom is -0.486 e. The maximum Gasteiger partial charge on any atom is 0.191 e. The first-order valence-corrected chi connectivity index (χ1v) is 8.73. The summed E-state index contributed by atoms with van der Waals surface area (Å²) in [6.07, 6.45) is 0. The van der Waals surface area contributed by atoms with Crippen LogP contribution in [0.3, 0.4) is 0 Å². The lowest BCUT2D eigenvalue weighted by molar-refractivity contribution is 0.290. The zero-order chi connectivity index (χ0) is 17.8. The van der Waals surface area contributed by atoms with Gasteiger partial charge in [-0.25, -0.2) is 8.78 Å². The second kappa shape index (κ2) is 7.84. The van der Waals surface area contributed by atoms with Crippen molar-refractivity contribution in [2.75, 3.05) is 0 Å². The summed E-state index contributed by atoms with van der Waals surface area (Å²) in [4.78, 5) is 0. The predicted octanol–water partition coefficient (Wildman–Crippen LogP) is 4.62. The van der Waals surface area contributed by atoms with Gasteiger partial charge in [-0.05, 0) is 23.8 Å². The van der Waals surface area contributed by atoms with E-state index in [9.17, 15) is 8.78 Å². The highest BCUT2D eigenvalue weighted by Crippen LogP contribution is 2.24. The molecular formula is C17H14ClF2N3OS. The quantitative estimate of drug-likeness (QED) is 0.584. The number of hydrogen-bond acceptors (Lipinski definition) is 4. The van der Waals surface area contributed by atoms with E-state index >= 15 is 0 Å². The van der Waals surface area contributed by atoms with Crippen molar-refractivity contribution in [3.05, 3.63) is 70.5 Å². The van der Waals surface area contributed by atoms with Crippen LogP contribution in [0.5, 0.6) is 5.75 Å². The minimum absolute atomic E-state index is 0.00315. The summed E-state index contributed by atoms with van der Waals surface area (Å²) in [7, 11) is 1.81. The summed E-state index contributed by atoms with van der Waals surface area (Å²) in [5.41, 5.74) is 0.606. The fourth-order valence-corrected chi connectivity index (χ4v) is 3.16. The molecule has 0 bridgehead atoms. The maximum atomic E-state index is 13.7. The number of aromatic nitrogens is 3. The number of nitrogens with zero attached hydrogens (tertiary/aromatic N) is 3. The van der Waals surface area contributed by atoms with Crippen LogP contribution < -0.4 is 4.74 Å². The van der Waals surface area contributed by atoms with Crippen LogP contribution in [0.25, 0.3) is 0 Å². The average molecular weight is 382 g/mol. The Bertz CT molecular complexity index is 888. The van der Waals surface area contributed by atoms with Crippen molar-refractivity contribution in [3.8, 4) is 5.75 Å². The smallest absolute Gasteiger partial charge is 0.191 e. The number of rotatable bonds is 6. The molecule has 0 atom stereocenters. The highest BCUT2D eigenvalue weighted by molar-refractivity contribution is 7.98. The number of ether oxygens (including phenoxy) is 1. The number of hydrogen-bond donors (Lipinski definition) is 0. The molecule has 0 aliphatic carbocycles. The third kappa shape index (κ3) is 4.29. The zero-order valence-corrected chi connectivity index (χ0v) is 14.8. The normalized spacial score (nSPS) is 10.9. The van der Waals surface area contributed by atoms with Crippen molar-refractivity contribution in [2.45, 2.75) is 17.5 Å². The van der Waals surface area contributed by atoms with Crippen LogP contribution in [0.4, 0.5) is 8.78 Å². The average Bonchev–Trinajstić information content (AvgIpc) is 2.95. The van der Waals surface area contributed by atoms with E-state index in [1.165, 1.54) is 36.0 Å². The van der Waals surface area contributed by atoms with Gasteiger partial charge in [0.05, 0.1) is 5.02 Å². The SMILES string of the molecule is Cn1c(COc2ccc(F)c(Cl)c2)nnc1SCc1ccccc1F. The van der Waals surface area contributed by atoms with Gasteiger partial charge in [0.15, 0.2) is 11.0 Å². The van der Waals surface area contributed by atoms with Gasteiger partial charge in [-0.2, -0.15) is 0 Å². The minimum atomic E-state index is -0.500. The van der Waals surface area contributed by atoms with E-state index in [1.54, 1.807) is 29.8 Å². The molecule has 0 amide bonds. The van der Waals surface area contributed by atoms with Crippen molar-refractivity contribution < 1.29 is 13.5 Å². The molecule has 2 aromatic carbocycles. The van der Waals surface area contributed by atoms with Gasteiger partial charge in [0.2, 0.25) is 0 Å². The molecule has 25 heavy (non-hydrogen) atoms. The second-order valence-electron chi connectivity index (χ2n) is 5.20. The topological polar surface area (TPSA) is 39.9 Å². The lowest BCUT2D eigenvalue weighted by atomic mass is 10.2. The van der Waals surface area contributed by atoms with Crippen molar-refractivity contribution >= 4 is 23.4 Å². The summed E-state index contributed by atoms with van der Waals surface area (Å²) in [6.45, 7) is 0.158. The third-order valence-electron chi connectivity index (χ3n) is 3.50. The molecule has 8 heteroatoms. The Morgan fingerprint density at radius 2 is 1.92 bits per heavy atom. The van der Waals surface area contributed by atoms with E-state index in [2.05, 4.69) is 10.2 Å². The molecule has 0 N–H and O–H groups in total. The van der Waals surface area contributed by atoms with Crippen molar-refractivity contribution in [1.29, 1.82) is 0 Å². The lowest BCUT2D eigenvalue weighted by Gasteiger charge is -2.07. The highest BCUT2D eigenvalue weighted by Gasteiger charge is 2.12. The molecule has 0 spiro atoms. The lowest BCUT2D eigenvalue weighted by Crippen LogP contribution is -2.04. The van der Waals surface area contributed by atoms with Crippen molar-refractivity contribution in [3.63, 3.8) is 0 Å². The van der Waals surface area contributed by atoms with Crippen LogP contribution in [-0.2, 0) is 19.4 Å². The van der Waals surface area contributed by atoms with E-state index in [0.717, 1.165) is 0 Å². The molecular weight excluding hydrogens is 368 g/mol. The Labute approximate surface area is 152 Å². The van der Waals surface area contributed by atoms with Gasteiger partial charge in [0.25, 0.3) is 0 Å². The van der Waals surface area contributed by atoms with Crippen LogP contribution in [0.1, 0.15) is 11.4 Å². The fraction of sp³-hybridized carbons (Fsp3) is 0.176. The monoisotopic (exact) mass is 381 g/mol. The van der Waals surface area contributed by atoms with Gasteiger partial charge in [-0.3, -0.25) is 0 Å². The molecule has 130 valence electrons. The molecule has 1 aromatic heterocycles. The molecule has 0 unspecified atom stereocenters. The Kier molecular flexibility index (Phi) is 5.55. The van der Waals surface area contributed by atoms with Crippen LogP contribution in [0, 0.1) is 11.6 Å². The van der Waals surface area contributed by atoms with Crippen LogP contribution in [-0.4, -0.2) is 14.8 Å². The summed E-state index contributed by atoms with van der Waals surface area (Å²) in [5.74, 6) is 0.743. The molecule has 0 radical (unpaired) electrons. The summed E-state index contributed by atoms with van der Waals surface area (Å²) >= 11 is 7.11. The molecule has 0 saturated heterocycles. The van der Waals surface area contributed by atoms with Crippen molar-refractivity contribution in [2.24, 2.45) is 7.05 Å². The second-order valence-corrected chi connectivity index (χ2v) is 6.55. The van der Waals surface area contributed by atoms with Gasteiger partial charge in [-0.15, -0.1) is 10.2 Å². The largest absolute Gasteiger partial charge is 0.486 e. The number of benzene rings is 2. The highest BCUT2D eigenvalue weighted by atomic mass is 35.5. The van der Waals surface area contributed by atoms with Gasteiger partial charge in [0, 0.05) is 18.9 Å². The molecule has 0 saturated carbocycles. The summed E-state index contributed by atoms with van der Waals surface area (Å²) in [6, 6.07) is 10.8. The molecule has 3 rings (SSSR count). The number of halogens is 3. The van der Waals surface area contributed by atoms with E-state index in [4.69, 9.17) is 16.3 Å². The molecule has 1 heterocycles. The van der Waals surface area contributed by atoms with Gasteiger partial charge in [-0.1, -0.05) is 41.6 Å². The van der Waals surface area contributed by atoms with E-state index in [-0.39, 0.29) is 17.4 Å². The van der Waals surface area contributed by atoms with Crippen LogP contribution in [0.2, 0.25) is 5.02 Å². The third-order valence-corrected chi connectivity index (χ3v) is 4.86. The van der Waals surface area contributed by atoms with E-state index < -0.39 is 5.82 Å². The Morgan fingerprint density at radius 3 is 2.68 bits per heavy atom. The summed E-state index contributed by atoms with van der Waals surface area (Å²) in [5, 5.41) is 8.81. The molecule has 0 aliphatic rings.